The minimum Gasteiger partial charge on any atom is -0.494 e. The summed E-state index contributed by atoms with van der Waals surface area (Å²) in [5, 5.41) is 3.87. The molecule has 4 rings (SSSR count). The van der Waals surface area contributed by atoms with Gasteiger partial charge in [-0.1, -0.05) is 13.0 Å². The Morgan fingerprint density at radius 2 is 2.00 bits per heavy atom. The number of likely N-dealkylation sites (tertiary alicyclic amines) is 1. The molecule has 31 heavy (non-hydrogen) atoms. The molecule has 0 radical (unpaired) electrons. The second-order valence-corrected chi connectivity index (χ2v) is 8.08. The van der Waals surface area contributed by atoms with Crippen LogP contribution in [0.3, 0.4) is 0 Å². The first kappa shape index (κ1) is 21.2. The van der Waals surface area contributed by atoms with Crippen LogP contribution < -0.4 is 10.1 Å². The number of aryl methyl sites for hydroxylation is 1. The molecule has 0 bridgehead atoms. The summed E-state index contributed by atoms with van der Waals surface area (Å²) in [6, 6.07) is 10.3. The fourth-order valence-corrected chi connectivity index (χ4v) is 3.99. The number of carbonyl (C=O) groups is 1. The van der Waals surface area contributed by atoms with E-state index in [4.69, 9.17) is 4.74 Å². The van der Waals surface area contributed by atoms with Crippen molar-refractivity contribution < 1.29 is 13.9 Å². The third kappa shape index (κ3) is 4.85. The van der Waals surface area contributed by atoms with Crippen LogP contribution in [0.15, 0.2) is 42.6 Å². The van der Waals surface area contributed by atoms with Gasteiger partial charge in [-0.25, -0.2) is 4.39 Å². The Morgan fingerprint density at radius 1 is 1.19 bits per heavy atom. The van der Waals surface area contributed by atoms with Crippen LogP contribution in [-0.4, -0.2) is 35.5 Å². The summed E-state index contributed by atoms with van der Waals surface area (Å²) in [4.78, 5) is 19.8. The van der Waals surface area contributed by atoms with Gasteiger partial charge in [0.1, 0.15) is 11.6 Å². The zero-order chi connectivity index (χ0) is 21.8. The van der Waals surface area contributed by atoms with Gasteiger partial charge in [0.25, 0.3) is 5.91 Å². The second kappa shape index (κ2) is 9.43. The van der Waals surface area contributed by atoms with Crippen molar-refractivity contribution in [1.82, 2.24) is 9.88 Å². The first-order valence-corrected chi connectivity index (χ1v) is 10.9. The molecule has 1 fully saturated rings. The number of nitrogens with one attached hydrogen (secondary N) is 1. The molecule has 1 aliphatic rings. The Bertz CT molecular complexity index is 1090. The van der Waals surface area contributed by atoms with E-state index in [1.165, 1.54) is 30.5 Å². The molecule has 1 aromatic heterocycles. The van der Waals surface area contributed by atoms with Gasteiger partial charge in [-0.3, -0.25) is 14.7 Å². The fourth-order valence-electron chi connectivity index (χ4n) is 3.99. The van der Waals surface area contributed by atoms with Gasteiger partial charge in [0.15, 0.2) is 0 Å². The lowest BCUT2D eigenvalue weighted by Crippen LogP contribution is -2.18. The zero-order valence-electron chi connectivity index (χ0n) is 18.1. The molecule has 3 aromatic rings. The van der Waals surface area contributed by atoms with Gasteiger partial charge in [-0.15, -0.1) is 0 Å². The van der Waals surface area contributed by atoms with Crippen molar-refractivity contribution in [2.24, 2.45) is 0 Å². The Kier molecular flexibility index (Phi) is 6.47. The Morgan fingerprint density at radius 3 is 2.74 bits per heavy atom. The van der Waals surface area contributed by atoms with Crippen LogP contribution in [0.2, 0.25) is 0 Å². The number of hydrogen-bond acceptors (Lipinski definition) is 4. The Balaban J connectivity index is 1.51. The van der Waals surface area contributed by atoms with Gasteiger partial charge >= 0.3 is 0 Å². The lowest BCUT2D eigenvalue weighted by molar-refractivity contribution is 0.102. The monoisotopic (exact) mass is 421 g/mol. The zero-order valence-corrected chi connectivity index (χ0v) is 18.1. The number of hydrogen-bond donors (Lipinski definition) is 1. The Hall–Kier alpha value is -2.99. The number of rotatable bonds is 7. The largest absolute Gasteiger partial charge is 0.494 e. The number of halogens is 1. The molecule has 0 atom stereocenters. The fraction of sp³-hybridized carbons (Fsp3) is 0.360. The van der Waals surface area contributed by atoms with Crippen molar-refractivity contribution in [2.75, 3.05) is 25.0 Å². The number of benzene rings is 2. The van der Waals surface area contributed by atoms with Gasteiger partial charge in [-0.05, 0) is 74.7 Å². The number of amides is 1. The SMILES string of the molecule is CCCOc1ccc(C(=O)Nc2ccc3cc(CN4CCCC4)cnc3c2C)c(F)c1. The first-order valence-electron chi connectivity index (χ1n) is 10.9. The molecule has 162 valence electrons. The van der Waals surface area contributed by atoms with Crippen LogP contribution >= 0.6 is 0 Å². The average Bonchev–Trinajstić information content (AvgIpc) is 3.27. The highest BCUT2D eigenvalue weighted by Crippen LogP contribution is 2.26. The molecule has 1 saturated heterocycles. The standard InChI is InChI=1S/C25H28FN3O2/c1-3-12-31-20-7-8-21(22(26)14-20)25(30)28-23-9-6-19-13-18(15-27-24(19)17(23)2)16-29-10-4-5-11-29/h6-9,13-15H,3-5,10-12,16H2,1-2H3,(H,28,30). The molecule has 1 amide bonds. The molecule has 0 saturated carbocycles. The van der Waals surface area contributed by atoms with E-state index >= 15 is 0 Å². The van der Waals surface area contributed by atoms with Gasteiger partial charge in [0, 0.05) is 29.9 Å². The maximum absolute atomic E-state index is 14.4. The van der Waals surface area contributed by atoms with Crippen LogP contribution in [0.25, 0.3) is 10.9 Å². The van der Waals surface area contributed by atoms with Gasteiger partial charge in [0.05, 0.1) is 17.7 Å². The van der Waals surface area contributed by atoms with Crippen molar-refractivity contribution in [3.8, 4) is 5.75 Å². The molecule has 2 aromatic carbocycles. The highest BCUT2D eigenvalue weighted by molar-refractivity contribution is 6.06. The second-order valence-electron chi connectivity index (χ2n) is 8.08. The number of aromatic nitrogens is 1. The summed E-state index contributed by atoms with van der Waals surface area (Å²) in [7, 11) is 0. The van der Waals surface area contributed by atoms with Crippen LogP contribution in [0.1, 0.15) is 47.7 Å². The van der Waals surface area contributed by atoms with Gasteiger partial charge in [0.2, 0.25) is 0 Å². The maximum Gasteiger partial charge on any atom is 0.258 e. The van der Waals surface area contributed by atoms with Crippen molar-refractivity contribution in [3.63, 3.8) is 0 Å². The molecule has 6 heteroatoms. The minimum atomic E-state index is -0.603. The highest BCUT2D eigenvalue weighted by atomic mass is 19.1. The molecule has 5 nitrogen and oxygen atoms in total. The molecule has 1 aliphatic heterocycles. The molecular formula is C25H28FN3O2. The normalized spacial score (nSPS) is 14.2. The molecule has 1 N–H and O–H groups in total. The lowest BCUT2D eigenvalue weighted by atomic mass is 10.1. The third-order valence-corrected chi connectivity index (χ3v) is 5.67. The van der Waals surface area contributed by atoms with E-state index in [9.17, 15) is 9.18 Å². The van der Waals surface area contributed by atoms with Crippen molar-refractivity contribution in [2.45, 2.75) is 39.7 Å². The minimum absolute atomic E-state index is 0.0164. The predicted molar refractivity (Wildman–Crippen MR) is 121 cm³/mol. The average molecular weight is 422 g/mol. The molecule has 0 unspecified atom stereocenters. The van der Waals surface area contributed by atoms with Crippen LogP contribution in [0, 0.1) is 12.7 Å². The number of anilines is 1. The predicted octanol–water partition coefficient (Wildman–Crippen LogP) is 5.32. The molecule has 0 aliphatic carbocycles. The number of ether oxygens (including phenoxy) is 1. The van der Waals surface area contributed by atoms with E-state index in [1.54, 1.807) is 6.07 Å². The van der Waals surface area contributed by atoms with Crippen molar-refractivity contribution >= 4 is 22.5 Å². The van der Waals surface area contributed by atoms with Crippen molar-refractivity contribution in [1.29, 1.82) is 0 Å². The van der Waals surface area contributed by atoms with E-state index in [-0.39, 0.29) is 5.56 Å². The number of nitrogens with zero attached hydrogens (tertiary/aromatic N) is 2. The van der Waals surface area contributed by atoms with Crippen LogP contribution in [0.5, 0.6) is 5.75 Å². The van der Waals surface area contributed by atoms with E-state index in [0.29, 0.717) is 18.0 Å². The number of carbonyl (C=O) groups excluding carboxylic acids is 1. The highest BCUT2D eigenvalue weighted by Gasteiger charge is 2.16. The topological polar surface area (TPSA) is 54.5 Å². The van der Waals surface area contributed by atoms with Crippen LogP contribution in [-0.2, 0) is 6.54 Å². The smallest absolute Gasteiger partial charge is 0.258 e. The lowest BCUT2D eigenvalue weighted by Gasteiger charge is -2.15. The maximum atomic E-state index is 14.4. The van der Waals surface area contributed by atoms with Crippen molar-refractivity contribution in [3.05, 3.63) is 65.1 Å². The van der Waals surface area contributed by atoms with E-state index in [2.05, 4.69) is 21.3 Å². The molecular weight excluding hydrogens is 393 g/mol. The van der Waals surface area contributed by atoms with Gasteiger partial charge in [-0.2, -0.15) is 0 Å². The number of fused-ring (bicyclic) bond motifs is 1. The molecule has 2 heterocycles. The number of pyridine rings is 1. The van der Waals surface area contributed by atoms with E-state index in [0.717, 1.165) is 42.5 Å². The summed E-state index contributed by atoms with van der Waals surface area (Å²) in [5.74, 6) is -0.673. The first-order chi connectivity index (χ1) is 15.0. The van der Waals surface area contributed by atoms with Gasteiger partial charge < -0.3 is 10.1 Å². The summed E-state index contributed by atoms with van der Waals surface area (Å²) in [5.41, 5.74) is 3.51. The third-order valence-electron chi connectivity index (χ3n) is 5.67. The van der Waals surface area contributed by atoms with E-state index < -0.39 is 11.7 Å². The molecule has 0 spiro atoms. The summed E-state index contributed by atoms with van der Waals surface area (Å²) < 4.78 is 19.9. The summed E-state index contributed by atoms with van der Waals surface area (Å²) in [6.07, 6.45) is 5.27. The quantitative estimate of drug-likeness (QED) is 0.561. The van der Waals surface area contributed by atoms with E-state index in [1.807, 2.05) is 32.2 Å². The van der Waals surface area contributed by atoms with Crippen LogP contribution in [0.4, 0.5) is 10.1 Å². The summed E-state index contributed by atoms with van der Waals surface area (Å²) >= 11 is 0. The Labute approximate surface area is 182 Å². The summed E-state index contributed by atoms with van der Waals surface area (Å²) in [6.45, 7) is 7.61.